The van der Waals surface area contributed by atoms with Gasteiger partial charge in [-0.1, -0.05) is 18.2 Å². The SMILES string of the molecule is Oc1cncc2c1[nH]c1ccccc12. The molecule has 0 unspecified atom stereocenters. The summed E-state index contributed by atoms with van der Waals surface area (Å²) in [6, 6.07) is 7.92. The number of hydrogen-bond acceptors (Lipinski definition) is 2. The molecule has 14 heavy (non-hydrogen) atoms. The van der Waals surface area contributed by atoms with Gasteiger partial charge in [0.15, 0.2) is 5.75 Å². The third kappa shape index (κ3) is 0.836. The fraction of sp³-hybridized carbons (Fsp3) is 0. The lowest BCUT2D eigenvalue weighted by Gasteiger charge is -1.91. The predicted octanol–water partition coefficient (Wildman–Crippen LogP) is 2.42. The summed E-state index contributed by atoms with van der Waals surface area (Å²) in [5, 5.41) is 11.6. The third-order valence-electron chi connectivity index (χ3n) is 2.40. The monoisotopic (exact) mass is 184 g/mol. The van der Waals surface area contributed by atoms with E-state index in [0.717, 1.165) is 21.8 Å². The van der Waals surface area contributed by atoms with Crippen LogP contribution >= 0.6 is 0 Å². The normalized spacial score (nSPS) is 11.1. The Bertz CT molecular complexity index is 613. The van der Waals surface area contributed by atoms with Gasteiger partial charge in [0.05, 0.1) is 11.7 Å². The van der Waals surface area contributed by atoms with Crippen LogP contribution in [0.4, 0.5) is 0 Å². The topological polar surface area (TPSA) is 48.9 Å². The van der Waals surface area contributed by atoms with Crippen molar-refractivity contribution >= 4 is 21.8 Å². The lowest BCUT2D eigenvalue weighted by molar-refractivity contribution is 0.478. The van der Waals surface area contributed by atoms with Gasteiger partial charge in [-0.15, -0.1) is 0 Å². The summed E-state index contributed by atoms with van der Waals surface area (Å²) in [5.41, 5.74) is 1.77. The van der Waals surface area contributed by atoms with Gasteiger partial charge in [-0.2, -0.15) is 0 Å². The van der Waals surface area contributed by atoms with Gasteiger partial charge in [0.1, 0.15) is 0 Å². The van der Waals surface area contributed by atoms with E-state index in [1.165, 1.54) is 6.20 Å². The molecule has 3 aromatic rings. The van der Waals surface area contributed by atoms with Gasteiger partial charge in [0.2, 0.25) is 0 Å². The first-order valence-corrected chi connectivity index (χ1v) is 4.39. The minimum absolute atomic E-state index is 0.193. The highest BCUT2D eigenvalue weighted by molar-refractivity contribution is 6.08. The molecule has 0 saturated heterocycles. The maximum Gasteiger partial charge on any atom is 0.158 e. The Morgan fingerprint density at radius 2 is 1.93 bits per heavy atom. The van der Waals surface area contributed by atoms with Crippen LogP contribution in [0, 0.1) is 0 Å². The Labute approximate surface area is 80.0 Å². The quantitative estimate of drug-likeness (QED) is 0.563. The zero-order valence-electron chi connectivity index (χ0n) is 7.36. The molecule has 2 aromatic heterocycles. The molecule has 0 amide bonds. The van der Waals surface area contributed by atoms with Crippen LogP contribution in [0.25, 0.3) is 21.8 Å². The summed E-state index contributed by atoms with van der Waals surface area (Å²) in [6.07, 6.45) is 3.20. The van der Waals surface area contributed by atoms with Crippen LogP contribution in [0.5, 0.6) is 5.75 Å². The lowest BCUT2D eigenvalue weighted by Crippen LogP contribution is -1.72. The number of rotatable bonds is 0. The summed E-state index contributed by atoms with van der Waals surface area (Å²) < 4.78 is 0. The molecule has 0 spiro atoms. The van der Waals surface area contributed by atoms with Crippen LogP contribution in [0.1, 0.15) is 0 Å². The highest BCUT2D eigenvalue weighted by Crippen LogP contribution is 2.29. The number of benzene rings is 1. The van der Waals surface area contributed by atoms with Gasteiger partial charge in [-0.3, -0.25) is 4.98 Å². The van der Waals surface area contributed by atoms with Crippen LogP contribution in [0.3, 0.4) is 0 Å². The van der Waals surface area contributed by atoms with E-state index < -0.39 is 0 Å². The first-order valence-electron chi connectivity index (χ1n) is 4.39. The van der Waals surface area contributed by atoms with E-state index in [0.29, 0.717) is 0 Å². The van der Waals surface area contributed by atoms with Crippen molar-refractivity contribution in [2.45, 2.75) is 0 Å². The maximum absolute atomic E-state index is 9.58. The molecule has 3 heteroatoms. The zero-order valence-corrected chi connectivity index (χ0v) is 7.36. The molecule has 3 nitrogen and oxygen atoms in total. The predicted molar refractivity (Wildman–Crippen MR) is 55.3 cm³/mol. The molecule has 0 saturated carbocycles. The van der Waals surface area contributed by atoms with Crippen molar-refractivity contribution in [1.29, 1.82) is 0 Å². The van der Waals surface area contributed by atoms with Gasteiger partial charge in [-0.05, 0) is 6.07 Å². The number of nitrogens with one attached hydrogen (secondary N) is 1. The second-order valence-corrected chi connectivity index (χ2v) is 3.25. The van der Waals surface area contributed by atoms with Crippen molar-refractivity contribution in [3.8, 4) is 5.75 Å². The maximum atomic E-state index is 9.58. The second-order valence-electron chi connectivity index (χ2n) is 3.25. The van der Waals surface area contributed by atoms with Crippen LogP contribution in [0.15, 0.2) is 36.7 Å². The number of aromatic hydroxyl groups is 1. The molecule has 2 heterocycles. The van der Waals surface area contributed by atoms with Crippen LogP contribution in [-0.4, -0.2) is 15.1 Å². The number of pyridine rings is 1. The van der Waals surface area contributed by atoms with Crippen LogP contribution in [0.2, 0.25) is 0 Å². The molecule has 68 valence electrons. The van der Waals surface area contributed by atoms with Crippen LogP contribution in [-0.2, 0) is 0 Å². The van der Waals surface area contributed by atoms with Gasteiger partial charge in [0, 0.05) is 22.5 Å². The van der Waals surface area contributed by atoms with E-state index in [4.69, 9.17) is 0 Å². The average Bonchev–Trinajstić information content (AvgIpc) is 2.59. The fourth-order valence-electron chi connectivity index (χ4n) is 1.75. The molecular formula is C11H8N2O. The van der Waals surface area contributed by atoms with Gasteiger partial charge < -0.3 is 10.1 Å². The summed E-state index contributed by atoms with van der Waals surface area (Å²) in [4.78, 5) is 7.12. The highest BCUT2D eigenvalue weighted by Gasteiger charge is 2.06. The van der Waals surface area contributed by atoms with Gasteiger partial charge in [-0.25, -0.2) is 0 Å². The molecule has 0 radical (unpaired) electrons. The number of para-hydroxylation sites is 1. The minimum Gasteiger partial charge on any atom is -0.504 e. The Kier molecular flexibility index (Phi) is 1.31. The minimum atomic E-state index is 0.193. The third-order valence-corrected chi connectivity index (χ3v) is 2.40. The molecule has 2 N–H and O–H groups in total. The summed E-state index contributed by atoms with van der Waals surface area (Å²) in [7, 11) is 0. The van der Waals surface area contributed by atoms with Crippen molar-refractivity contribution in [1.82, 2.24) is 9.97 Å². The van der Waals surface area contributed by atoms with Gasteiger partial charge in [0.25, 0.3) is 0 Å². The molecule has 1 aromatic carbocycles. The van der Waals surface area contributed by atoms with Crippen molar-refractivity contribution in [2.75, 3.05) is 0 Å². The van der Waals surface area contributed by atoms with E-state index in [1.807, 2.05) is 24.3 Å². The zero-order chi connectivity index (χ0) is 9.54. The number of aromatic nitrogens is 2. The molecule has 0 aliphatic heterocycles. The summed E-state index contributed by atoms with van der Waals surface area (Å²) in [5.74, 6) is 0.193. The van der Waals surface area contributed by atoms with Gasteiger partial charge >= 0.3 is 0 Å². The smallest absolute Gasteiger partial charge is 0.158 e. The van der Waals surface area contributed by atoms with Crippen molar-refractivity contribution < 1.29 is 5.11 Å². The Morgan fingerprint density at radius 1 is 1.07 bits per heavy atom. The molecule has 0 bridgehead atoms. The average molecular weight is 184 g/mol. The molecule has 0 aliphatic carbocycles. The fourth-order valence-corrected chi connectivity index (χ4v) is 1.75. The number of nitrogens with zero attached hydrogens (tertiary/aromatic N) is 1. The van der Waals surface area contributed by atoms with E-state index in [-0.39, 0.29) is 5.75 Å². The van der Waals surface area contributed by atoms with E-state index in [1.54, 1.807) is 6.20 Å². The van der Waals surface area contributed by atoms with Crippen molar-refractivity contribution in [2.24, 2.45) is 0 Å². The first-order chi connectivity index (χ1) is 6.86. The Hall–Kier alpha value is -2.03. The molecule has 0 atom stereocenters. The molecule has 0 fully saturated rings. The largest absolute Gasteiger partial charge is 0.504 e. The number of hydrogen-bond donors (Lipinski definition) is 2. The van der Waals surface area contributed by atoms with E-state index >= 15 is 0 Å². The molecule has 3 rings (SSSR count). The van der Waals surface area contributed by atoms with E-state index in [2.05, 4.69) is 9.97 Å². The van der Waals surface area contributed by atoms with Crippen LogP contribution < -0.4 is 0 Å². The molecular weight excluding hydrogens is 176 g/mol. The van der Waals surface area contributed by atoms with Crippen molar-refractivity contribution in [3.05, 3.63) is 36.7 Å². The number of aromatic amines is 1. The lowest BCUT2D eigenvalue weighted by atomic mass is 10.2. The first kappa shape index (κ1) is 7.38. The Morgan fingerprint density at radius 3 is 2.86 bits per heavy atom. The number of fused-ring (bicyclic) bond motifs is 3. The number of H-pyrrole nitrogens is 1. The van der Waals surface area contributed by atoms with Crippen molar-refractivity contribution in [3.63, 3.8) is 0 Å². The van der Waals surface area contributed by atoms with E-state index in [9.17, 15) is 5.11 Å². The summed E-state index contributed by atoms with van der Waals surface area (Å²) >= 11 is 0. The standard InChI is InChI=1S/C11H8N2O/c14-10-6-12-5-8-7-3-1-2-4-9(7)13-11(8)10/h1-6,13-14H. The Balaban J connectivity index is 2.63. The second kappa shape index (κ2) is 2.48. The summed E-state index contributed by atoms with van der Waals surface area (Å²) in [6.45, 7) is 0. The highest BCUT2D eigenvalue weighted by atomic mass is 16.3. The molecule has 0 aliphatic rings.